The Bertz CT molecular complexity index is 695. The molecule has 1 aromatic rings. The van der Waals surface area contributed by atoms with E-state index in [-0.39, 0.29) is 11.7 Å². The number of likely N-dealkylation sites (tertiary alicyclic amines) is 1. The lowest BCUT2D eigenvalue weighted by Crippen LogP contribution is -2.45. The van der Waals surface area contributed by atoms with Crippen molar-refractivity contribution in [3.8, 4) is 0 Å². The molecule has 0 aromatic heterocycles. The number of nitrogens with one attached hydrogen (secondary N) is 1. The number of benzene rings is 1. The minimum Gasteiger partial charge on any atom is -0.343 e. The van der Waals surface area contributed by atoms with Crippen molar-refractivity contribution in [2.24, 2.45) is 0 Å². The van der Waals surface area contributed by atoms with Gasteiger partial charge in [-0.3, -0.25) is 9.59 Å². The van der Waals surface area contributed by atoms with Crippen LogP contribution >= 0.6 is 0 Å². The summed E-state index contributed by atoms with van der Waals surface area (Å²) >= 11 is 0. The normalized spacial score (nSPS) is 17.8. The van der Waals surface area contributed by atoms with E-state index in [4.69, 9.17) is 0 Å². The highest BCUT2D eigenvalue weighted by Gasteiger charge is 2.25. The number of amides is 1. The summed E-state index contributed by atoms with van der Waals surface area (Å²) in [5.41, 5.74) is 3.38. The molecule has 3 rings (SSSR count). The van der Waals surface area contributed by atoms with Crippen molar-refractivity contribution in [1.82, 2.24) is 15.1 Å². The predicted octanol–water partition coefficient (Wildman–Crippen LogP) is 3.06. The summed E-state index contributed by atoms with van der Waals surface area (Å²) in [6.07, 6.45) is 7.16. The number of carbonyl (C=O) groups is 2. The van der Waals surface area contributed by atoms with E-state index in [0.717, 1.165) is 64.0 Å². The minimum atomic E-state index is 0.0903. The van der Waals surface area contributed by atoms with E-state index in [9.17, 15) is 9.59 Å². The van der Waals surface area contributed by atoms with Crippen molar-refractivity contribution >= 4 is 11.7 Å². The first-order valence-corrected chi connectivity index (χ1v) is 11.4. The highest BCUT2D eigenvalue weighted by molar-refractivity contribution is 5.98. The highest BCUT2D eigenvalue weighted by Crippen LogP contribution is 2.19. The molecule has 1 N–H and O–H groups in total. The predicted molar refractivity (Wildman–Crippen MR) is 117 cm³/mol. The van der Waals surface area contributed by atoms with Crippen LogP contribution < -0.4 is 5.32 Å². The monoisotopic (exact) mass is 399 g/mol. The summed E-state index contributed by atoms with van der Waals surface area (Å²) in [6, 6.07) is 6.67. The maximum absolute atomic E-state index is 12.7. The fourth-order valence-electron chi connectivity index (χ4n) is 4.52. The maximum Gasteiger partial charge on any atom is 0.223 e. The molecule has 1 aromatic carbocycles. The van der Waals surface area contributed by atoms with Gasteiger partial charge in [-0.1, -0.05) is 25.5 Å². The smallest absolute Gasteiger partial charge is 0.223 e. The summed E-state index contributed by atoms with van der Waals surface area (Å²) in [6.45, 7) is 6.96. The highest BCUT2D eigenvalue weighted by atomic mass is 16.2. The molecule has 1 fully saturated rings. The van der Waals surface area contributed by atoms with Crippen molar-refractivity contribution in [2.45, 2.75) is 64.3 Å². The van der Waals surface area contributed by atoms with Gasteiger partial charge in [0.05, 0.1) is 0 Å². The molecule has 2 aliphatic heterocycles. The van der Waals surface area contributed by atoms with E-state index in [1.54, 1.807) is 0 Å². The molecule has 0 aliphatic carbocycles. The topological polar surface area (TPSA) is 52.7 Å². The van der Waals surface area contributed by atoms with Crippen molar-refractivity contribution in [2.75, 3.05) is 39.8 Å². The molecule has 5 nitrogen and oxygen atoms in total. The fraction of sp³-hybridized carbons (Fsp3) is 0.667. The largest absolute Gasteiger partial charge is 0.343 e. The minimum absolute atomic E-state index is 0.0903. The lowest BCUT2D eigenvalue weighted by atomic mass is 9.96. The quantitative estimate of drug-likeness (QED) is 0.683. The third kappa shape index (κ3) is 6.13. The summed E-state index contributed by atoms with van der Waals surface area (Å²) in [5, 5.41) is 3.40. The van der Waals surface area contributed by atoms with Crippen LogP contribution in [0.3, 0.4) is 0 Å². The molecule has 0 radical (unpaired) electrons. The van der Waals surface area contributed by atoms with Crippen molar-refractivity contribution < 1.29 is 9.59 Å². The second-order valence-corrected chi connectivity index (χ2v) is 8.60. The van der Waals surface area contributed by atoms with Gasteiger partial charge in [0.15, 0.2) is 5.78 Å². The average molecular weight is 400 g/mol. The number of unbranched alkanes of at least 4 members (excludes halogenated alkanes) is 1. The lowest BCUT2D eigenvalue weighted by Gasteiger charge is -2.36. The Morgan fingerprint density at radius 3 is 2.55 bits per heavy atom. The standard InChI is InChI=1S/C24H37N3O2/c1-3-4-15-26(2)22-11-16-27(17-12-22)24(29)8-7-23(28)21-6-5-19-9-13-25-14-10-20(19)18-21/h5-6,18,22,25H,3-4,7-17H2,1-2H3. The van der Waals surface area contributed by atoms with Gasteiger partial charge in [-0.05, 0) is 76.0 Å². The second kappa shape index (κ2) is 10.9. The molecule has 0 unspecified atom stereocenters. The Morgan fingerprint density at radius 1 is 1.10 bits per heavy atom. The molecule has 0 saturated carbocycles. The molecule has 0 spiro atoms. The van der Waals surface area contributed by atoms with Gasteiger partial charge < -0.3 is 15.1 Å². The summed E-state index contributed by atoms with van der Waals surface area (Å²) < 4.78 is 0. The van der Waals surface area contributed by atoms with E-state index >= 15 is 0 Å². The second-order valence-electron chi connectivity index (χ2n) is 8.60. The van der Waals surface area contributed by atoms with E-state index in [1.165, 1.54) is 24.0 Å². The van der Waals surface area contributed by atoms with Gasteiger partial charge in [-0.2, -0.15) is 0 Å². The summed E-state index contributed by atoms with van der Waals surface area (Å²) in [7, 11) is 2.20. The van der Waals surface area contributed by atoms with Crippen LogP contribution in [0.1, 0.15) is 66.9 Å². The number of fused-ring (bicyclic) bond motifs is 1. The summed E-state index contributed by atoms with van der Waals surface area (Å²) in [5.74, 6) is 0.222. The van der Waals surface area contributed by atoms with Crippen LogP contribution in [0.15, 0.2) is 18.2 Å². The number of ketones is 1. The number of Topliss-reactive ketones (excluding diaryl/α,β-unsaturated/α-hetero) is 1. The van der Waals surface area contributed by atoms with Crippen LogP contribution in [0.4, 0.5) is 0 Å². The molecule has 1 amide bonds. The van der Waals surface area contributed by atoms with Gasteiger partial charge in [-0.25, -0.2) is 0 Å². The zero-order valence-corrected chi connectivity index (χ0v) is 18.2. The summed E-state index contributed by atoms with van der Waals surface area (Å²) in [4.78, 5) is 29.7. The molecular formula is C24H37N3O2. The van der Waals surface area contributed by atoms with E-state index in [2.05, 4.69) is 30.3 Å². The van der Waals surface area contributed by atoms with E-state index in [1.807, 2.05) is 17.0 Å². The average Bonchev–Trinajstić information content (AvgIpc) is 3.00. The first-order chi connectivity index (χ1) is 14.1. The number of rotatable bonds is 8. The van der Waals surface area contributed by atoms with Crippen LogP contribution in [-0.4, -0.2) is 67.3 Å². The SMILES string of the molecule is CCCCN(C)C1CCN(C(=O)CCC(=O)c2ccc3c(c2)CCNCC3)CC1. The molecule has 0 bridgehead atoms. The maximum atomic E-state index is 12.7. The van der Waals surface area contributed by atoms with Crippen LogP contribution in [-0.2, 0) is 17.6 Å². The first kappa shape index (κ1) is 22.0. The Labute approximate surface area is 175 Å². The number of nitrogens with zero attached hydrogens (tertiary/aromatic N) is 2. The first-order valence-electron chi connectivity index (χ1n) is 11.4. The van der Waals surface area contributed by atoms with Crippen molar-refractivity contribution in [3.63, 3.8) is 0 Å². The molecule has 2 heterocycles. The molecule has 160 valence electrons. The Morgan fingerprint density at radius 2 is 1.83 bits per heavy atom. The van der Waals surface area contributed by atoms with Crippen molar-refractivity contribution in [3.05, 3.63) is 34.9 Å². The van der Waals surface area contributed by atoms with Crippen molar-refractivity contribution in [1.29, 1.82) is 0 Å². The van der Waals surface area contributed by atoms with Gasteiger partial charge >= 0.3 is 0 Å². The zero-order chi connectivity index (χ0) is 20.6. The number of hydrogen-bond donors (Lipinski definition) is 1. The Balaban J connectivity index is 1.45. The Kier molecular flexibility index (Phi) is 8.25. The zero-order valence-electron chi connectivity index (χ0n) is 18.2. The molecule has 1 saturated heterocycles. The number of hydrogen-bond acceptors (Lipinski definition) is 4. The Hall–Kier alpha value is -1.72. The van der Waals surface area contributed by atoms with Crippen LogP contribution in [0.2, 0.25) is 0 Å². The van der Waals surface area contributed by atoms with Gasteiger partial charge in [0, 0.05) is 37.5 Å². The number of piperidine rings is 1. The third-order valence-electron chi connectivity index (χ3n) is 6.54. The molecule has 0 atom stereocenters. The van der Waals surface area contributed by atoms with Crippen LogP contribution in [0.5, 0.6) is 0 Å². The van der Waals surface area contributed by atoms with Gasteiger partial charge in [0.2, 0.25) is 5.91 Å². The fourth-order valence-corrected chi connectivity index (χ4v) is 4.52. The van der Waals surface area contributed by atoms with E-state index in [0.29, 0.717) is 18.9 Å². The van der Waals surface area contributed by atoms with Crippen LogP contribution in [0, 0.1) is 0 Å². The lowest BCUT2D eigenvalue weighted by molar-refractivity contribution is -0.132. The third-order valence-corrected chi connectivity index (χ3v) is 6.54. The molecule has 2 aliphatic rings. The van der Waals surface area contributed by atoms with E-state index < -0.39 is 0 Å². The molecular weight excluding hydrogens is 362 g/mol. The van der Waals surface area contributed by atoms with Gasteiger partial charge in [-0.15, -0.1) is 0 Å². The molecule has 29 heavy (non-hydrogen) atoms. The van der Waals surface area contributed by atoms with Gasteiger partial charge in [0.25, 0.3) is 0 Å². The van der Waals surface area contributed by atoms with Crippen LogP contribution in [0.25, 0.3) is 0 Å². The molecule has 5 heteroatoms. The van der Waals surface area contributed by atoms with Gasteiger partial charge in [0.1, 0.15) is 0 Å². The number of carbonyl (C=O) groups excluding carboxylic acids is 2.